The number of fused-ring (bicyclic) bond motifs is 3. The summed E-state index contributed by atoms with van der Waals surface area (Å²) in [6, 6.07) is 0. The van der Waals surface area contributed by atoms with Crippen LogP contribution in [0.5, 0.6) is 0 Å². The molecular weight excluding hydrogens is 908 g/mol. The van der Waals surface area contributed by atoms with Gasteiger partial charge in [-0.2, -0.15) is 0 Å². The number of carbonyl (C=O) groups is 1. The van der Waals surface area contributed by atoms with Gasteiger partial charge >= 0.3 is 5.97 Å². The summed E-state index contributed by atoms with van der Waals surface area (Å²) in [6.45, 7) is 7.51. The maximum absolute atomic E-state index is 14.3. The van der Waals surface area contributed by atoms with Gasteiger partial charge in [-0.25, -0.2) is 0 Å². The maximum atomic E-state index is 14.3. The molecule has 27 atom stereocenters. The number of hydrogen-bond donors (Lipinski definition) is 14. The smallest absolute Gasteiger partial charge is 0.314 e. The van der Waals surface area contributed by atoms with Gasteiger partial charge < -0.3 is 109 Å². The first kappa shape index (κ1) is 52.7. The van der Waals surface area contributed by atoms with Crippen LogP contribution in [0.15, 0.2) is 12.2 Å². The van der Waals surface area contributed by atoms with Gasteiger partial charge in [0, 0.05) is 0 Å². The summed E-state index contributed by atoms with van der Waals surface area (Å²) < 4.78 is 48.5. The minimum absolute atomic E-state index is 0.00197. The highest BCUT2D eigenvalue weighted by Crippen LogP contribution is 2.75. The summed E-state index contributed by atoms with van der Waals surface area (Å²) in [5.41, 5.74) is -2.44. The molecule has 0 aromatic rings. The van der Waals surface area contributed by atoms with E-state index in [1.54, 1.807) is 0 Å². The monoisotopic (exact) mass is 980 g/mol. The standard InChI is InChI=1S/C45H72O23/c1-17-12-44-10-6-23-42(3,8-5-9-43(23,4)41(60)67-39-34(59)31(56)27(52)21(15-48)63-39)24(44)7-11-45(17,18(44)2)68-40-36(66-38-33(58)30(55)26(51)20(14-47)62-38)35(28(53)22(16-49)64-40)65-37-32(57)29(54)25(50)19(13-46)61-37/h18-40,46-59H,1,5-16H2,2-4H3/t18-,19?,20?,21?,22?,23+,24+,25?,26?,27?,28?,29?,30?,31?,32?,33?,34?,35?,36?,37?,38?,39?,40?,42-,43-,44-,45-/m1/s1. The van der Waals surface area contributed by atoms with Crippen LogP contribution in [-0.4, -0.2) is 232 Å². The van der Waals surface area contributed by atoms with Crippen molar-refractivity contribution in [1.29, 1.82) is 0 Å². The first-order valence-corrected chi connectivity index (χ1v) is 23.8. The second-order valence-corrected chi connectivity index (χ2v) is 21.1. The summed E-state index contributed by atoms with van der Waals surface area (Å²) in [5.74, 6) is -1.15. The van der Waals surface area contributed by atoms with E-state index in [4.69, 9.17) is 37.9 Å². The Bertz CT molecular complexity index is 1790. The number of esters is 1. The van der Waals surface area contributed by atoms with E-state index in [1.165, 1.54) is 0 Å². The molecule has 20 unspecified atom stereocenters. The number of carbonyl (C=O) groups excluding carboxylic acids is 1. The SMILES string of the molecule is C=C1C[C@@]23CC[C@H]4[C@@](C)(CCC[C@@]4(C)C(=O)OC4OC(CO)C(O)C(O)C4O)[C@@H]2CC[C@]1(OC1OC(CO)C(O)C(OC2OC(CO)C(O)C(O)C2O)C1OC1OC(CO)C(O)C(O)C1O)[C@@H]3C. The topological polar surface area (TPSA) is 374 Å². The quantitative estimate of drug-likeness (QED) is 0.0495. The molecule has 390 valence electrons. The van der Waals surface area contributed by atoms with Gasteiger partial charge in [0.05, 0.1) is 37.4 Å². The van der Waals surface area contributed by atoms with Crippen LogP contribution >= 0.6 is 0 Å². The molecule has 2 bridgehead atoms. The average molecular weight is 981 g/mol. The molecule has 4 saturated heterocycles. The molecule has 4 heterocycles. The Balaban J connectivity index is 1.09. The van der Waals surface area contributed by atoms with Crippen molar-refractivity contribution in [3.8, 4) is 0 Å². The van der Waals surface area contributed by atoms with Crippen molar-refractivity contribution >= 4 is 5.97 Å². The molecule has 0 aromatic heterocycles. The van der Waals surface area contributed by atoms with Crippen molar-refractivity contribution in [2.45, 2.75) is 201 Å². The minimum Gasteiger partial charge on any atom is -0.432 e. The summed E-state index contributed by atoms with van der Waals surface area (Å²) in [7, 11) is 0. The maximum Gasteiger partial charge on any atom is 0.314 e. The first-order valence-electron chi connectivity index (χ1n) is 23.8. The van der Waals surface area contributed by atoms with Gasteiger partial charge in [0.25, 0.3) is 0 Å². The molecule has 8 rings (SSSR count). The lowest BCUT2D eigenvalue weighted by atomic mass is 9.39. The predicted molar refractivity (Wildman–Crippen MR) is 224 cm³/mol. The number of hydrogen-bond acceptors (Lipinski definition) is 23. The molecule has 4 saturated carbocycles. The van der Waals surface area contributed by atoms with Crippen molar-refractivity contribution in [2.24, 2.45) is 34.0 Å². The van der Waals surface area contributed by atoms with E-state index in [0.717, 1.165) is 6.42 Å². The fraction of sp³-hybridized carbons (Fsp3) is 0.933. The van der Waals surface area contributed by atoms with Crippen LogP contribution in [0.4, 0.5) is 0 Å². The Morgan fingerprint density at radius 1 is 0.574 bits per heavy atom. The highest BCUT2D eigenvalue weighted by atomic mass is 16.8. The van der Waals surface area contributed by atoms with Crippen molar-refractivity contribution in [3.05, 3.63) is 12.2 Å². The fourth-order valence-corrected chi connectivity index (χ4v) is 14.0. The summed E-state index contributed by atoms with van der Waals surface area (Å²) >= 11 is 0. The molecule has 68 heavy (non-hydrogen) atoms. The molecule has 1 spiro atoms. The normalized spacial score (nSPS) is 55.0. The molecule has 4 aliphatic heterocycles. The molecule has 4 aliphatic carbocycles. The van der Waals surface area contributed by atoms with Crippen molar-refractivity contribution in [1.82, 2.24) is 0 Å². The predicted octanol–water partition coefficient (Wildman–Crippen LogP) is -4.87. The lowest BCUT2D eigenvalue weighted by Crippen LogP contribution is -2.68. The van der Waals surface area contributed by atoms with Crippen LogP contribution in [0, 0.1) is 34.0 Å². The van der Waals surface area contributed by atoms with Crippen LogP contribution < -0.4 is 0 Å². The van der Waals surface area contributed by atoms with Crippen molar-refractivity contribution in [3.63, 3.8) is 0 Å². The highest BCUT2D eigenvalue weighted by molar-refractivity contribution is 5.77. The van der Waals surface area contributed by atoms with E-state index in [2.05, 4.69) is 13.5 Å². The second-order valence-electron chi connectivity index (χ2n) is 21.1. The van der Waals surface area contributed by atoms with Crippen LogP contribution in [0.25, 0.3) is 0 Å². The summed E-state index contributed by atoms with van der Waals surface area (Å²) in [6.07, 6.45) is -29.7. The lowest BCUT2D eigenvalue weighted by Gasteiger charge is -2.66. The third-order valence-corrected chi connectivity index (χ3v) is 17.8. The number of aliphatic hydroxyl groups is 14. The fourth-order valence-electron chi connectivity index (χ4n) is 14.0. The van der Waals surface area contributed by atoms with E-state index >= 15 is 0 Å². The van der Waals surface area contributed by atoms with Crippen LogP contribution in [-0.2, 0) is 42.7 Å². The van der Waals surface area contributed by atoms with E-state index < -0.39 is 177 Å². The van der Waals surface area contributed by atoms with Gasteiger partial charge in [0.1, 0.15) is 97.7 Å². The number of ether oxygens (including phenoxy) is 8. The molecule has 8 aliphatic rings. The van der Waals surface area contributed by atoms with Gasteiger partial charge in [-0.15, -0.1) is 0 Å². The van der Waals surface area contributed by atoms with Gasteiger partial charge in [-0.3, -0.25) is 4.79 Å². The van der Waals surface area contributed by atoms with Gasteiger partial charge in [-0.1, -0.05) is 26.8 Å². The van der Waals surface area contributed by atoms with Gasteiger partial charge in [-0.05, 0) is 86.0 Å². The molecule has 0 aromatic carbocycles. The van der Waals surface area contributed by atoms with E-state index in [-0.39, 0.29) is 17.8 Å². The molecule has 14 N–H and O–H groups in total. The summed E-state index contributed by atoms with van der Waals surface area (Å²) in [4.78, 5) is 14.3. The Morgan fingerprint density at radius 3 is 1.56 bits per heavy atom. The third-order valence-electron chi connectivity index (χ3n) is 17.8. The zero-order valence-electron chi connectivity index (χ0n) is 38.4. The molecule has 0 amide bonds. The molecule has 23 nitrogen and oxygen atoms in total. The Kier molecular flexibility index (Phi) is 15.2. The average Bonchev–Trinajstić information content (AvgIpc) is 3.41. The Hall–Kier alpha value is -1.63. The third kappa shape index (κ3) is 8.31. The Morgan fingerprint density at radius 2 is 1.03 bits per heavy atom. The number of rotatable bonds is 12. The first-order chi connectivity index (χ1) is 32.1. The van der Waals surface area contributed by atoms with Crippen molar-refractivity contribution in [2.75, 3.05) is 26.4 Å². The van der Waals surface area contributed by atoms with Gasteiger partial charge in [0.15, 0.2) is 18.9 Å². The van der Waals surface area contributed by atoms with E-state index in [0.29, 0.717) is 50.5 Å². The van der Waals surface area contributed by atoms with Gasteiger partial charge in [0.2, 0.25) is 6.29 Å². The van der Waals surface area contributed by atoms with Crippen molar-refractivity contribution < 1.29 is 114 Å². The molecular formula is C45H72O23. The van der Waals surface area contributed by atoms with Crippen LogP contribution in [0.2, 0.25) is 0 Å². The van der Waals surface area contributed by atoms with E-state index in [9.17, 15) is 76.3 Å². The molecule has 8 fully saturated rings. The Labute approximate surface area is 392 Å². The minimum atomic E-state index is -1.96. The zero-order valence-corrected chi connectivity index (χ0v) is 38.4. The highest BCUT2D eigenvalue weighted by Gasteiger charge is 2.72. The van der Waals surface area contributed by atoms with Crippen LogP contribution in [0.3, 0.4) is 0 Å². The van der Waals surface area contributed by atoms with Crippen LogP contribution in [0.1, 0.15) is 72.1 Å². The largest absolute Gasteiger partial charge is 0.432 e. The zero-order chi connectivity index (χ0) is 49.6. The summed E-state index contributed by atoms with van der Waals surface area (Å²) in [5, 5.41) is 148. The molecule has 23 heteroatoms. The van der Waals surface area contributed by atoms with E-state index in [1.807, 2.05) is 13.8 Å². The number of aliphatic hydroxyl groups excluding tert-OH is 14. The lowest BCUT2D eigenvalue weighted by molar-refractivity contribution is -0.402. The second kappa shape index (κ2) is 19.7. The molecule has 0 radical (unpaired) electrons.